The Labute approximate surface area is 94.7 Å². The number of aromatic nitrogens is 4. The van der Waals surface area contributed by atoms with Gasteiger partial charge in [0.15, 0.2) is 0 Å². The van der Waals surface area contributed by atoms with Crippen LogP contribution in [0.5, 0.6) is 0 Å². The second-order valence-electron chi connectivity index (χ2n) is 3.94. The fourth-order valence-electron chi connectivity index (χ4n) is 1.75. The lowest BCUT2D eigenvalue weighted by Crippen LogP contribution is -2.12. The minimum Gasteiger partial charge on any atom is -0.349 e. The lowest BCUT2D eigenvalue weighted by atomic mass is 10.2. The van der Waals surface area contributed by atoms with Crippen LogP contribution >= 0.6 is 0 Å². The molecule has 2 rings (SSSR count). The summed E-state index contributed by atoms with van der Waals surface area (Å²) in [5.41, 5.74) is 6.93. The van der Waals surface area contributed by atoms with Crippen LogP contribution in [0.15, 0.2) is 24.9 Å². The molecule has 0 saturated heterocycles. The van der Waals surface area contributed by atoms with Crippen molar-refractivity contribution in [2.45, 2.75) is 32.4 Å². The Bertz CT molecular complexity index is 415. The van der Waals surface area contributed by atoms with Crippen molar-refractivity contribution >= 4 is 0 Å². The third kappa shape index (κ3) is 2.49. The van der Waals surface area contributed by atoms with Gasteiger partial charge < -0.3 is 15.3 Å². The highest BCUT2D eigenvalue weighted by molar-refractivity contribution is 5.03. The van der Waals surface area contributed by atoms with Crippen LogP contribution in [0.3, 0.4) is 0 Å². The number of hydrogen-bond donors (Lipinski definition) is 2. The number of nitrogens with zero attached hydrogens (tertiary/aromatic N) is 3. The number of nitrogens with two attached hydrogens (primary N) is 1. The third-order valence-corrected chi connectivity index (χ3v) is 2.58. The average molecular weight is 219 g/mol. The molecular formula is C11H17N5. The van der Waals surface area contributed by atoms with E-state index in [0.29, 0.717) is 0 Å². The minimum absolute atomic E-state index is 0.0334. The molecule has 5 heteroatoms. The van der Waals surface area contributed by atoms with Gasteiger partial charge in [0.2, 0.25) is 0 Å². The van der Waals surface area contributed by atoms with Gasteiger partial charge in [0, 0.05) is 37.6 Å². The van der Waals surface area contributed by atoms with E-state index in [1.165, 1.54) is 0 Å². The quantitative estimate of drug-likeness (QED) is 0.795. The predicted molar refractivity (Wildman–Crippen MR) is 61.7 cm³/mol. The van der Waals surface area contributed by atoms with E-state index < -0.39 is 0 Å². The molecule has 1 atom stereocenters. The van der Waals surface area contributed by atoms with E-state index in [4.69, 9.17) is 5.73 Å². The van der Waals surface area contributed by atoms with Gasteiger partial charge in [0.05, 0.1) is 12.0 Å². The van der Waals surface area contributed by atoms with E-state index in [9.17, 15) is 0 Å². The maximum absolute atomic E-state index is 5.85. The molecule has 0 spiro atoms. The molecule has 86 valence electrons. The normalized spacial score (nSPS) is 12.9. The number of hydrogen-bond acceptors (Lipinski definition) is 3. The predicted octanol–water partition coefficient (Wildman–Crippen LogP) is 1.26. The van der Waals surface area contributed by atoms with Crippen LogP contribution in [0.4, 0.5) is 0 Å². The maximum atomic E-state index is 5.85. The van der Waals surface area contributed by atoms with Crippen molar-refractivity contribution in [3.05, 3.63) is 36.4 Å². The molecular weight excluding hydrogens is 202 g/mol. The van der Waals surface area contributed by atoms with Gasteiger partial charge in [-0.2, -0.15) is 0 Å². The monoisotopic (exact) mass is 219 g/mol. The molecule has 0 aliphatic heterocycles. The highest BCUT2D eigenvalue weighted by Gasteiger charge is 2.06. The summed E-state index contributed by atoms with van der Waals surface area (Å²) >= 11 is 0. The molecule has 0 aliphatic rings. The molecule has 0 bridgehead atoms. The highest BCUT2D eigenvalue weighted by atomic mass is 15.1. The number of aryl methyl sites for hydroxylation is 2. The summed E-state index contributed by atoms with van der Waals surface area (Å²) in [7, 11) is 0. The Hall–Kier alpha value is -1.62. The first-order valence-corrected chi connectivity index (χ1v) is 5.51. The summed E-state index contributed by atoms with van der Waals surface area (Å²) in [6, 6.07) is 0.0334. The van der Waals surface area contributed by atoms with Crippen LogP contribution in [0.1, 0.15) is 30.9 Å². The second-order valence-corrected chi connectivity index (χ2v) is 3.94. The van der Waals surface area contributed by atoms with Gasteiger partial charge in [0.1, 0.15) is 5.82 Å². The first-order chi connectivity index (χ1) is 7.77. The van der Waals surface area contributed by atoms with Gasteiger partial charge in [-0.1, -0.05) is 0 Å². The highest BCUT2D eigenvalue weighted by Crippen LogP contribution is 2.09. The lowest BCUT2D eigenvalue weighted by Gasteiger charge is -2.09. The minimum atomic E-state index is 0.0334. The first kappa shape index (κ1) is 10.9. The van der Waals surface area contributed by atoms with Crippen molar-refractivity contribution in [1.29, 1.82) is 0 Å². The van der Waals surface area contributed by atoms with Crippen LogP contribution < -0.4 is 5.73 Å². The van der Waals surface area contributed by atoms with Crippen LogP contribution in [0, 0.1) is 0 Å². The summed E-state index contributed by atoms with van der Waals surface area (Å²) in [6.45, 7) is 2.90. The number of H-pyrrole nitrogens is 1. The van der Waals surface area contributed by atoms with Gasteiger partial charge in [0.25, 0.3) is 0 Å². The van der Waals surface area contributed by atoms with E-state index in [1.807, 2.05) is 25.6 Å². The number of imidazole rings is 2. The Morgan fingerprint density at radius 2 is 2.44 bits per heavy atom. The molecule has 16 heavy (non-hydrogen) atoms. The molecule has 2 aromatic rings. The SMILES string of the molecule is CC(N)c1cncn1CCCc1ncc[nH]1. The summed E-state index contributed by atoms with van der Waals surface area (Å²) < 4.78 is 2.10. The molecule has 1 unspecified atom stereocenters. The van der Waals surface area contributed by atoms with Gasteiger partial charge in [-0.05, 0) is 13.3 Å². The van der Waals surface area contributed by atoms with E-state index in [1.54, 1.807) is 6.20 Å². The number of aromatic amines is 1. The van der Waals surface area contributed by atoms with Gasteiger partial charge in [-0.15, -0.1) is 0 Å². The number of nitrogens with one attached hydrogen (secondary N) is 1. The van der Waals surface area contributed by atoms with Gasteiger partial charge in [-0.25, -0.2) is 9.97 Å². The molecule has 0 aliphatic carbocycles. The Morgan fingerprint density at radius 1 is 1.56 bits per heavy atom. The summed E-state index contributed by atoms with van der Waals surface area (Å²) in [5.74, 6) is 1.03. The van der Waals surface area contributed by atoms with E-state index in [-0.39, 0.29) is 6.04 Å². The molecule has 0 radical (unpaired) electrons. The molecule has 5 nitrogen and oxygen atoms in total. The topological polar surface area (TPSA) is 72.5 Å². The van der Waals surface area contributed by atoms with Crippen molar-refractivity contribution in [1.82, 2.24) is 19.5 Å². The van der Waals surface area contributed by atoms with Crippen LogP contribution in [0.2, 0.25) is 0 Å². The Balaban J connectivity index is 1.87. The Kier molecular flexibility index (Phi) is 3.36. The zero-order valence-electron chi connectivity index (χ0n) is 9.43. The number of rotatable bonds is 5. The van der Waals surface area contributed by atoms with Crippen LogP contribution in [-0.4, -0.2) is 19.5 Å². The molecule has 0 amide bonds. The molecule has 0 fully saturated rings. The van der Waals surface area contributed by atoms with Crippen molar-refractivity contribution in [3.8, 4) is 0 Å². The molecule has 0 saturated carbocycles. The first-order valence-electron chi connectivity index (χ1n) is 5.51. The van der Waals surface area contributed by atoms with Crippen LogP contribution in [0.25, 0.3) is 0 Å². The van der Waals surface area contributed by atoms with E-state index >= 15 is 0 Å². The van der Waals surface area contributed by atoms with Crippen molar-refractivity contribution in [2.24, 2.45) is 5.73 Å². The van der Waals surface area contributed by atoms with Crippen molar-refractivity contribution in [2.75, 3.05) is 0 Å². The zero-order chi connectivity index (χ0) is 11.4. The largest absolute Gasteiger partial charge is 0.349 e. The fourth-order valence-corrected chi connectivity index (χ4v) is 1.75. The standard InChI is InChI=1S/C11H17N5/c1-9(12)10-7-13-8-16(10)6-2-3-11-14-4-5-15-11/h4-5,7-9H,2-3,6,12H2,1H3,(H,14,15). The maximum Gasteiger partial charge on any atom is 0.106 e. The third-order valence-electron chi connectivity index (χ3n) is 2.58. The zero-order valence-corrected chi connectivity index (χ0v) is 9.43. The molecule has 3 N–H and O–H groups in total. The molecule has 2 heterocycles. The van der Waals surface area contributed by atoms with E-state index in [2.05, 4.69) is 19.5 Å². The van der Waals surface area contributed by atoms with Crippen LogP contribution in [-0.2, 0) is 13.0 Å². The molecule has 0 aromatic carbocycles. The van der Waals surface area contributed by atoms with Crippen molar-refractivity contribution < 1.29 is 0 Å². The van der Waals surface area contributed by atoms with Gasteiger partial charge in [-0.3, -0.25) is 0 Å². The summed E-state index contributed by atoms with van der Waals surface area (Å²) in [6.07, 6.45) is 9.27. The smallest absolute Gasteiger partial charge is 0.106 e. The summed E-state index contributed by atoms with van der Waals surface area (Å²) in [4.78, 5) is 11.4. The molecule has 2 aromatic heterocycles. The lowest BCUT2D eigenvalue weighted by molar-refractivity contribution is 0.586. The summed E-state index contributed by atoms with van der Waals surface area (Å²) in [5, 5.41) is 0. The van der Waals surface area contributed by atoms with Crippen molar-refractivity contribution in [3.63, 3.8) is 0 Å². The fraction of sp³-hybridized carbons (Fsp3) is 0.455. The van der Waals surface area contributed by atoms with E-state index in [0.717, 1.165) is 30.9 Å². The second kappa shape index (κ2) is 4.94. The average Bonchev–Trinajstić information content (AvgIpc) is 2.87. The van der Waals surface area contributed by atoms with Gasteiger partial charge >= 0.3 is 0 Å². The Morgan fingerprint density at radius 3 is 3.12 bits per heavy atom.